The molecular weight excluding hydrogens is 480 g/mol. The van der Waals surface area contributed by atoms with E-state index in [0.29, 0.717) is 11.1 Å². The van der Waals surface area contributed by atoms with Crippen molar-refractivity contribution in [1.29, 1.82) is 0 Å². The van der Waals surface area contributed by atoms with E-state index in [9.17, 15) is 9.59 Å². The smallest absolute Gasteiger partial charge is 0.255 e. The van der Waals surface area contributed by atoms with Crippen molar-refractivity contribution in [3.05, 3.63) is 128 Å². The number of hydrogen-bond acceptors (Lipinski definition) is 2. The van der Waals surface area contributed by atoms with Crippen LogP contribution >= 0.6 is 0 Å². The fraction of sp³-hybridized carbons (Fsp3) is 0.257. The minimum Gasteiger partial charge on any atom is -0.322 e. The first-order chi connectivity index (χ1) is 18.4. The van der Waals surface area contributed by atoms with Gasteiger partial charge in [-0.15, -0.1) is 0 Å². The van der Waals surface area contributed by atoms with Crippen molar-refractivity contribution in [3.8, 4) is 0 Å². The molecule has 0 unspecified atom stereocenters. The highest BCUT2D eigenvalue weighted by Gasteiger charge is 2.25. The van der Waals surface area contributed by atoms with Gasteiger partial charge in [-0.1, -0.05) is 50.2 Å². The normalized spacial score (nSPS) is 11.3. The highest BCUT2D eigenvalue weighted by Crippen LogP contribution is 2.36. The number of benzene rings is 4. The monoisotopic (exact) mass is 518 g/mol. The van der Waals surface area contributed by atoms with Gasteiger partial charge in [0, 0.05) is 27.9 Å². The van der Waals surface area contributed by atoms with Gasteiger partial charge in [0.25, 0.3) is 11.8 Å². The van der Waals surface area contributed by atoms with E-state index >= 15 is 0 Å². The third kappa shape index (κ3) is 5.96. The average molecular weight is 519 g/mol. The summed E-state index contributed by atoms with van der Waals surface area (Å²) in [6, 6.07) is 23.9. The van der Waals surface area contributed by atoms with Crippen LogP contribution in [0.5, 0.6) is 0 Å². The van der Waals surface area contributed by atoms with E-state index in [2.05, 4.69) is 48.7 Å². The number of rotatable bonds is 6. The minimum atomic E-state index is -0.374. The van der Waals surface area contributed by atoms with E-state index in [4.69, 9.17) is 0 Å². The summed E-state index contributed by atoms with van der Waals surface area (Å²) >= 11 is 0. The highest BCUT2D eigenvalue weighted by molar-refractivity contribution is 6.05. The Labute approximate surface area is 232 Å². The lowest BCUT2D eigenvalue weighted by Crippen LogP contribution is -2.21. The Hall–Kier alpha value is -4.18. The van der Waals surface area contributed by atoms with Gasteiger partial charge < -0.3 is 10.6 Å². The maximum Gasteiger partial charge on any atom is 0.255 e. The molecule has 0 heterocycles. The van der Waals surface area contributed by atoms with E-state index in [1.807, 2.05) is 90.1 Å². The van der Waals surface area contributed by atoms with Crippen LogP contribution in [0.1, 0.15) is 79.1 Å². The molecule has 0 saturated carbocycles. The van der Waals surface area contributed by atoms with E-state index in [-0.39, 0.29) is 17.2 Å². The van der Waals surface area contributed by atoms with Crippen LogP contribution in [0, 0.1) is 41.5 Å². The fourth-order valence-electron chi connectivity index (χ4n) is 4.61. The zero-order valence-electron chi connectivity index (χ0n) is 24.2. The van der Waals surface area contributed by atoms with Crippen LogP contribution < -0.4 is 10.6 Å². The molecular formula is C35H38N2O2. The molecule has 2 amide bonds. The SMILES string of the molecule is Cc1ccc(C(=O)Nc2cc(C(C)(C)c3ccc(C)c(NC(=O)c4ccc(C)c(C)c4)c3)ccc2C)cc1C. The third-order valence-corrected chi connectivity index (χ3v) is 7.95. The summed E-state index contributed by atoms with van der Waals surface area (Å²) in [6.07, 6.45) is 0. The molecule has 0 radical (unpaired) electrons. The number of carbonyl (C=O) groups is 2. The summed E-state index contributed by atoms with van der Waals surface area (Å²) in [4.78, 5) is 26.1. The van der Waals surface area contributed by atoms with Crippen LogP contribution in [0.2, 0.25) is 0 Å². The lowest BCUT2D eigenvalue weighted by molar-refractivity contribution is 0.101. The summed E-state index contributed by atoms with van der Waals surface area (Å²) < 4.78 is 0. The third-order valence-electron chi connectivity index (χ3n) is 7.95. The quantitative estimate of drug-likeness (QED) is 0.269. The highest BCUT2D eigenvalue weighted by atomic mass is 16.2. The molecule has 4 rings (SSSR count). The second kappa shape index (κ2) is 10.9. The lowest BCUT2D eigenvalue weighted by Gasteiger charge is -2.28. The maximum atomic E-state index is 13.1. The first kappa shape index (κ1) is 27.8. The molecule has 0 aromatic heterocycles. The zero-order chi connectivity index (χ0) is 28.5. The summed E-state index contributed by atoms with van der Waals surface area (Å²) in [5.41, 5.74) is 11.1. The van der Waals surface area contributed by atoms with Crippen LogP contribution in [0.3, 0.4) is 0 Å². The van der Waals surface area contributed by atoms with Gasteiger partial charge in [0.05, 0.1) is 0 Å². The first-order valence-electron chi connectivity index (χ1n) is 13.4. The molecule has 200 valence electrons. The van der Waals surface area contributed by atoms with Crippen molar-refractivity contribution >= 4 is 23.2 Å². The van der Waals surface area contributed by atoms with Gasteiger partial charge in [0.1, 0.15) is 0 Å². The largest absolute Gasteiger partial charge is 0.322 e. The Bertz CT molecular complexity index is 1460. The number of carbonyl (C=O) groups excluding carboxylic acids is 2. The van der Waals surface area contributed by atoms with E-state index < -0.39 is 0 Å². The van der Waals surface area contributed by atoms with Gasteiger partial charge in [0.15, 0.2) is 0 Å². The standard InChI is InChI=1S/C35H38N2O2/c1-21-9-13-27(17-25(21)5)33(38)36-31-19-29(15-11-23(31)3)35(7,8)30-16-12-24(4)32(20-30)37-34(39)28-14-10-22(2)26(6)18-28/h9-20H,1-8H3,(H,36,38)(H,37,39). The Morgan fingerprint density at radius 2 is 0.846 bits per heavy atom. The Morgan fingerprint density at radius 3 is 1.21 bits per heavy atom. The van der Waals surface area contributed by atoms with Crippen molar-refractivity contribution in [2.75, 3.05) is 10.6 Å². The average Bonchev–Trinajstić information content (AvgIpc) is 2.89. The fourth-order valence-corrected chi connectivity index (χ4v) is 4.61. The van der Waals surface area contributed by atoms with E-state index in [1.165, 1.54) is 0 Å². The van der Waals surface area contributed by atoms with Crippen LogP contribution in [-0.2, 0) is 5.41 Å². The Balaban J connectivity index is 1.61. The minimum absolute atomic E-state index is 0.122. The molecule has 39 heavy (non-hydrogen) atoms. The van der Waals surface area contributed by atoms with Gasteiger partial charge in [-0.2, -0.15) is 0 Å². The van der Waals surface area contributed by atoms with Gasteiger partial charge >= 0.3 is 0 Å². The summed E-state index contributed by atoms with van der Waals surface area (Å²) in [5.74, 6) is -0.245. The van der Waals surface area contributed by atoms with Crippen molar-refractivity contribution in [2.24, 2.45) is 0 Å². The number of nitrogens with one attached hydrogen (secondary N) is 2. The molecule has 0 bridgehead atoms. The number of aryl methyl sites for hydroxylation is 6. The number of hydrogen-bond donors (Lipinski definition) is 2. The second-order valence-corrected chi connectivity index (χ2v) is 11.2. The molecule has 0 aliphatic carbocycles. The van der Waals surface area contributed by atoms with Gasteiger partial charge in [-0.25, -0.2) is 0 Å². The van der Waals surface area contributed by atoms with Crippen molar-refractivity contribution in [1.82, 2.24) is 0 Å². The van der Waals surface area contributed by atoms with Crippen LogP contribution in [0.4, 0.5) is 11.4 Å². The molecule has 0 saturated heterocycles. The molecule has 4 nitrogen and oxygen atoms in total. The number of anilines is 2. The molecule has 0 spiro atoms. The van der Waals surface area contributed by atoms with E-state index in [1.54, 1.807) is 0 Å². The van der Waals surface area contributed by atoms with E-state index in [0.717, 1.165) is 55.9 Å². The summed E-state index contributed by atoms with van der Waals surface area (Å²) in [7, 11) is 0. The Morgan fingerprint density at radius 1 is 0.487 bits per heavy atom. The van der Waals surface area contributed by atoms with Crippen molar-refractivity contribution in [2.45, 2.75) is 60.8 Å². The predicted molar refractivity (Wildman–Crippen MR) is 162 cm³/mol. The number of amides is 2. The second-order valence-electron chi connectivity index (χ2n) is 11.2. The molecule has 4 heteroatoms. The summed E-state index contributed by atoms with van der Waals surface area (Å²) in [6.45, 7) is 16.4. The topological polar surface area (TPSA) is 58.2 Å². The van der Waals surface area contributed by atoms with Crippen LogP contribution in [0.15, 0.2) is 72.8 Å². The van der Waals surface area contributed by atoms with Crippen LogP contribution in [-0.4, -0.2) is 11.8 Å². The first-order valence-corrected chi connectivity index (χ1v) is 13.4. The maximum absolute atomic E-state index is 13.1. The van der Waals surface area contributed by atoms with Gasteiger partial charge in [-0.3, -0.25) is 9.59 Å². The molecule has 4 aromatic carbocycles. The zero-order valence-corrected chi connectivity index (χ0v) is 24.2. The Kier molecular flexibility index (Phi) is 7.78. The molecule has 0 aliphatic heterocycles. The van der Waals surface area contributed by atoms with Crippen LogP contribution in [0.25, 0.3) is 0 Å². The van der Waals surface area contributed by atoms with Gasteiger partial charge in [0.2, 0.25) is 0 Å². The van der Waals surface area contributed by atoms with Crippen molar-refractivity contribution < 1.29 is 9.59 Å². The summed E-state index contributed by atoms with van der Waals surface area (Å²) in [5, 5.41) is 6.23. The molecule has 4 aromatic rings. The predicted octanol–water partition coefficient (Wildman–Crippen LogP) is 8.37. The molecule has 2 N–H and O–H groups in total. The van der Waals surface area contributed by atoms with Crippen molar-refractivity contribution in [3.63, 3.8) is 0 Å². The lowest BCUT2D eigenvalue weighted by atomic mass is 9.77. The van der Waals surface area contributed by atoms with Gasteiger partial charge in [-0.05, 0) is 122 Å². The molecule has 0 atom stereocenters. The molecule has 0 fully saturated rings. The molecule has 0 aliphatic rings.